The van der Waals surface area contributed by atoms with E-state index >= 15 is 0 Å². The minimum atomic E-state index is -0.366. The van der Waals surface area contributed by atoms with Gasteiger partial charge in [0, 0.05) is 12.7 Å². The van der Waals surface area contributed by atoms with Crippen LogP contribution in [0.2, 0.25) is 0 Å². The molecule has 3 aromatic carbocycles. The Kier molecular flexibility index (Phi) is 5.96. The van der Waals surface area contributed by atoms with Crippen LogP contribution >= 0.6 is 11.8 Å². The van der Waals surface area contributed by atoms with Crippen LogP contribution in [0.25, 0.3) is 17.1 Å². The number of aromatic nitrogens is 3. The van der Waals surface area contributed by atoms with E-state index in [9.17, 15) is 9.18 Å². The van der Waals surface area contributed by atoms with E-state index in [1.807, 2.05) is 54.4 Å². The molecule has 1 aromatic heterocycles. The fourth-order valence-corrected chi connectivity index (χ4v) is 5.20. The van der Waals surface area contributed by atoms with Gasteiger partial charge < -0.3 is 4.90 Å². The number of carbonyl (C=O) groups excluding carboxylic acids is 1. The van der Waals surface area contributed by atoms with Gasteiger partial charge in [-0.05, 0) is 48.2 Å². The highest BCUT2D eigenvalue weighted by molar-refractivity contribution is 7.99. The third-order valence-corrected chi connectivity index (χ3v) is 6.96. The third kappa shape index (κ3) is 4.16. The summed E-state index contributed by atoms with van der Waals surface area (Å²) in [5, 5.41) is 9.14. The average molecular weight is 459 g/mol. The van der Waals surface area contributed by atoms with Gasteiger partial charge in [-0.2, -0.15) is 0 Å². The number of fused-ring (bicyclic) bond motifs is 1. The van der Waals surface area contributed by atoms with E-state index in [4.69, 9.17) is 0 Å². The molecule has 5 nitrogen and oxygen atoms in total. The molecule has 5 rings (SSSR count). The highest BCUT2D eigenvalue weighted by atomic mass is 32.2. The van der Waals surface area contributed by atoms with Crippen LogP contribution in [0.3, 0.4) is 0 Å². The van der Waals surface area contributed by atoms with Crippen molar-refractivity contribution in [2.45, 2.75) is 24.0 Å². The lowest BCUT2D eigenvalue weighted by molar-refractivity contribution is -0.129. The molecule has 33 heavy (non-hydrogen) atoms. The molecule has 0 N–H and O–H groups in total. The summed E-state index contributed by atoms with van der Waals surface area (Å²) in [5.41, 5.74) is 3.72. The van der Waals surface area contributed by atoms with Gasteiger partial charge in [0.2, 0.25) is 5.91 Å². The summed E-state index contributed by atoms with van der Waals surface area (Å²) < 4.78 is 16.4. The number of halogens is 1. The molecule has 0 radical (unpaired) electrons. The van der Waals surface area contributed by atoms with Crippen LogP contribution in [0.15, 0.2) is 84.0 Å². The lowest BCUT2D eigenvalue weighted by atomic mass is 10.1. The van der Waals surface area contributed by atoms with Crippen LogP contribution in [-0.4, -0.2) is 38.4 Å². The molecule has 0 saturated heterocycles. The van der Waals surface area contributed by atoms with E-state index in [0.29, 0.717) is 16.5 Å². The maximum absolute atomic E-state index is 14.5. The second-order valence-electron chi connectivity index (χ2n) is 8.00. The zero-order valence-corrected chi connectivity index (χ0v) is 19.0. The Balaban J connectivity index is 1.40. The van der Waals surface area contributed by atoms with E-state index < -0.39 is 0 Å². The van der Waals surface area contributed by atoms with Gasteiger partial charge in [0.15, 0.2) is 11.0 Å². The van der Waals surface area contributed by atoms with Gasteiger partial charge in [-0.15, -0.1) is 10.2 Å². The number of rotatable bonds is 6. The minimum absolute atomic E-state index is 0.0248. The zero-order valence-electron chi connectivity index (χ0n) is 18.2. The largest absolute Gasteiger partial charge is 0.338 e. The molecular weight excluding hydrogens is 435 g/mol. The Morgan fingerprint density at radius 1 is 1.03 bits per heavy atom. The van der Waals surface area contributed by atoms with E-state index in [0.717, 1.165) is 18.5 Å². The molecule has 1 atom stereocenters. The Morgan fingerprint density at radius 3 is 2.58 bits per heavy atom. The topological polar surface area (TPSA) is 51.0 Å². The standard InChI is InChI=1S/C26H23FN4OS/c1-30(23-16-15-18-9-5-6-12-20(18)23)24(32)17-33-26-29-28-25(21-13-7-8-14-22(21)27)31(26)19-10-3-2-4-11-19/h2-14,23H,15-17H2,1H3. The van der Waals surface area contributed by atoms with Crippen molar-refractivity contribution in [3.8, 4) is 17.1 Å². The number of amides is 1. The van der Waals surface area contributed by atoms with Crippen LogP contribution < -0.4 is 0 Å². The number of aryl methyl sites for hydroxylation is 1. The molecule has 1 heterocycles. The van der Waals surface area contributed by atoms with Gasteiger partial charge in [0.25, 0.3) is 0 Å². The average Bonchev–Trinajstić information content (AvgIpc) is 3.47. The van der Waals surface area contributed by atoms with E-state index in [1.54, 1.807) is 22.8 Å². The van der Waals surface area contributed by atoms with Gasteiger partial charge >= 0.3 is 0 Å². The molecule has 0 aliphatic heterocycles. The van der Waals surface area contributed by atoms with Crippen molar-refractivity contribution in [1.82, 2.24) is 19.7 Å². The Bertz CT molecular complexity index is 1290. The lowest BCUT2D eigenvalue weighted by Gasteiger charge is -2.25. The molecule has 0 fully saturated rings. The summed E-state index contributed by atoms with van der Waals surface area (Å²) in [6, 6.07) is 24.5. The van der Waals surface area contributed by atoms with Crippen LogP contribution in [0.5, 0.6) is 0 Å². The molecular formula is C26H23FN4OS. The lowest BCUT2D eigenvalue weighted by Crippen LogP contribution is -2.31. The number of benzene rings is 3. The third-order valence-electron chi connectivity index (χ3n) is 6.05. The predicted octanol–water partition coefficient (Wildman–Crippen LogP) is 5.31. The number of para-hydroxylation sites is 1. The summed E-state index contributed by atoms with van der Waals surface area (Å²) in [6.07, 6.45) is 1.92. The molecule has 0 saturated carbocycles. The highest BCUT2D eigenvalue weighted by Crippen LogP contribution is 2.35. The van der Waals surface area contributed by atoms with Gasteiger partial charge in [-0.1, -0.05) is 66.4 Å². The summed E-state index contributed by atoms with van der Waals surface area (Å²) in [4.78, 5) is 14.9. The minimum Gasteiger partial charge on any atom is -0.338 e. The normalized spacial score (nSPS) is 14.8. The maximum Gasteiger partial charge on any atom is 0.233 e. The van der Waals surface area contributed by atoms with Crippen molar-refractivity contribution in [1.29, 1.82) is 0 Å². The Morgan fingerprint density at radius 2 is 1.76 bits per heavy atom. The molecule has 0 spiro atoms. The molecule has 1 aliphatic carbocycles. The first-order chi connectivity index (χ1) is 16.1. The van der Waals surface area contributed by atoms with Crippen molar-refractivity contribution in [2.75, 3.05) is 12.8 Å². The zero-order chi connectivity index (χ0) is 22.8. The quantitative estimate of drug-likeness (QED) is 0.368. The SMILES string of the molecule is CN(C(=O)CSc1nnc(-c2ccccc2F)n1-c1ccccc1)C1CCc2ccccc21. The first kappa shape index (κ1) is 21.4. The molecule has 166 valence electrons. The molecule has 0 bridgehead atoms. The molecule has 4 aromatic rings. The molecule has 7 heteroatoms. The van der Waals surface area contributed by atoms with Crippen LogP contribution in [-0.2, 0) is 11.2 Å². The number of thioether (sulfide) groups is 1. The summed E-state index contributed by atoms with van der Waals surface area (Å²) >= 11 is 1.32. The molecule has 1 unspecified atom stereocenters. The maximum atomic E-state index is 14.5. The second-order valence-corrected chi connectivity index (χ2v) is 8.95. The van der Waals surface area contributed by atoms with Crippen LogP contribution in [0.4, 0.5) is 4.39 Å². The smallest absolute Gasteiger partial charge is 0.233 e. The fourth-order valence-electron chi connectivity index (χ4n) is 4.33. The van der Waals surface area contributed by atoms with E-state index in [-0.39, 0.29) is 23.5 Å². The van der Waals surface area contributed by atoms with Crippen molar-refractivity contribution in [3.05, 3.63) is 95.8 Å². The number of hydrogen-bond acceptors (Lipinski definition) is 4. The monoisotopic (exact) mass is 458 g/mol. The Hall–Kier alpha value is -3.45. The number of carbonyl (C=O) groups is 1. The summed E-state index contributed by atoms with van der Waals surface area (Å²) in [6.45, 7) is 0. The van der Waals surface area contributed by atoms with Crippen molar-refractivity contribution >= 4 is 17.7 Å². The van der Waals surface area contributed by atoms with Crippen molar-refractivity contribution in [3.63, 3.8) is 0 Å². The highest BCUT2D eigenvalue weighted by Gasteiger charge is 2.28. The van der Waals surface area contributed by atoms with Gasteiger partial charge in [-0.25, -0.2) is 4.39 Å². The van der Waals surface area contributed by atoms with Gasteiger partial charge in [0.1, 0.15) is 5.82 Å². The van der Waals surface area contributed by atoms with Gasteiger partial charge in [-0.3, -0.25) is 9.36 Å². The number of hydrogen-bond donors (Lipinski definition) is 0. The Labute approximate surface area is 196 Å². The summed E-state index contributed by atoms with van der Waals surface area (Å²) in [5.74, 6) is 0.288. The first-order valence-electron chi connectivity index (χ1n) is 10.9. The molecule has 1 aliphatic rings. The van der Waals surface area contributed by atoms with Crippen LogP contribution in [0.1, 0.15) is 23.6 Å². The molecule has 1 amide bonds. The van der Waals surface area contributed by atoms with E-state index in [2.05, 4.69) is 22.3 Å². The van der Waals surface area contributed by atoms with Crippen molar-refractivity contribution < 1.29 is 9.18 Å². The summed E-state index contributed by atoms with van der Waals surface area (Å²) in [7, 11) is 1.86. The van der Waals surface area contributed by atoms with Crippen molar-refractivity contribution in [2.24, 2.45) is 0 Å². The van der Waals surface area contributed by atoms with Gasteiger partial charge in [0.05, 0.1) is 17.4 Å². The predicted molar refractivity (Wildman–Crippen MR) is 128 cm³/mol. The fraction of sp³-hybridized carbons (Fsp3) is 0.192. The number of nitrogens with zero attached hydrogens (tertiary/aromatic N) is 4. The first-order valence-corrected chi connectivity index (χ1v) is 11.8. The van der Waals surface area contributed by atoms with E-state index in [1.165, 1.54) is 29.0 Å². The second kappa shape index (κ2) is 9.19. The van der Waals surface area contributed by atoms with Crippen LogP contribution in [0, 0.1) is 5.82 Å².